The molecule has 1 saturated heterocycles. The van der Waals surface area contributed by atoms with Crippen LogP contribution in [-0.4, -0.2) is 71.9 Å². The van der Waals surface area contributed by atoms with Gasteiger partial charge in [-0.25, -0.2) is 0 Å². The number of halogens is 3. The molecule has 12 heteroatoms. The van der Waals surface area contributed by atoms with Crippen molar-refractivity contribution in [1.29, 1.82) is 0 Å². The van der Waals surface area contributed by atoms with E-state index in [1.807, 2.05) is 109 Å². The first-order valence-corrected chi connectivity index (χ1v) is 18.6. The number of likely N-dealkylation sites (N-methyl/N-ethyl adjacent to an activating group) is 1. The molecule has 0 saturated carbocycles. The van der Waals surface area contributed by atoms with E-state index in [2.05, 4.69) is 9.88 Å². The Morgan fingerprint density at radius 3 is 1.96 bits per heavy atom. The van der Waals surface area contributed by atoms with Gasteiger partial charge in [0.2, 0.25) is 17.7 Å². The van der Waals surface area contributed by atoms with E-state index in [1.165, 1.54) is 30.0 Å². The smallest absolute Gasteiger partial charge is 0.378 e. The van der Waals surface area contributed by atoms with Crippen LogP contribution in [0.5, 0.6) is 0 Å². The second-order valence-electron chi connectivity index (χ2n) is 13.8. The number of nitrogens with zero attached hydrogens (tertiary/aromatic N) is 5. The summed E-state index contributed by atoms with van der Waals surface area (Å²) in [6, 6.07) is 35.1. The predicted octanol–water partition coefficient (Wildman–Crippen LogP) is 7.93. The molecular formula is C45H44F3N5O4. The maximum absolute atomic E-state index is 14.6. The monoisotopic (exact) mass is 775 g/mol. The molecule has 9 nitrogen and oxygen atoms in total. The highest BCUT2D eigenvalue weighted by Gasteiger charge is 2.33. The predicted molar refractivity (Wildman–Crippen MR) is 214 cm³/mol. The topological polar surface area (TPSA) is 86.3 Å². The van der Waals surface area contributed by atoms with Crippen molar-refractivity contribution in [3.05, 3.63) is 162 Å². The number of para-hydroxylation sites is 1. The molecular weight excluding hydrogens is 732 g/mol. The highest BCUT2D eigenvalue weighted by atomic mass is 19.4. The first kappa shape index (κ1) is 40.4. The highest BCUT2D eigenvalue weighted by molar-refractivity contribution is 5.99. The zero-order chi connectivity index (χ0) is 40.4. The van der Waals surface area contributed by atoms with Gasteiger partial charge >= 0.3 is 6.18 Å². The van der Waals surface area contributed by atoms with Crippen LogP contribution in [0, 0.1) is 0 Å². The van der Waals surface area contributed by atoms with E-state index in [0.717, 1.165) is 53.4 Å². The average Bonchev–Trinajstić information content (AvgIpc) is 3.22. The normalized spacial score (nSPS) is 13.6. The number of rotatable bonds is 13. The number of hydrogen-bond donors (Lipinski definition) is 0. The minimum Gasteiger partial charge on any atom is -0.378 e. The lowest BCUT2D eigenvalue weighted by Gasteiger charge is -2.34. The maximum atomic E-state index is 14.6. The molecule has 294 valence electrons. The zero-order valence-corrected chi connectivity index (χ0v) is 31.8. The van der Waals surface area contributed by atoms with E-state index in [4.69, 9.17) is 4.74 Å². The van der Waals surface area contributed by atoms with Crippen LogP contribution in [0.1, 0.15) is 34.9 Å². The van der Waals surface area contributed by atoms with Gasteiger partial charge in [0.1, 0.15) is 11.7 Å². The van der Waals surface area contributed by atoms with E-state index in [9.17, 15) is 27.6 Å². The summed E-state index contributed by atoms with van der Waals surface area (Å²) in [5.41, 5.74) is 4.15. The third-order valence-corrected chi connectivity index (χ3v) is 9.70. The largest absolute Gasteiger partial charge is 0.433 e. The lowest BCUT2D eigenvalue weighted by molar-refractivity contribution is -0.143. The van der Waals surface area contributed by atoms with Gasteiger partial charge in [-0.1, -0.05) is 78.9 Å². The number of alkyl halides is 3. The molecule has 0 radical (unpaired) electrons. The molecule has 2 heterocycles. The third kappa shape index (κ3) is 10.7. The Morgan fingerprint density at radius 2 is 1.37 bits per heavy atom. The highest BCUT2D eigenvalue weighted by Crippen LogP contribution is 2.28. The molecule has 5 aromatic rings. The van der Waals surface area contributed by atoms with Crippen LogP contribution in [-0.2, 0) is 44.8 Å². The number of pyridine rings is 1. The summed E-state index contributed by atoms with van der Waals surface area (Å²) in [7, 11) is 1.68. The summed E-state index contributed by atoms with van der Waals surface area (Å²) in [5.74, 6) is -0.945. The Hall–Kier alpha value is -6.27. The molecule has 1 atom stereocenters. The molecule has 6 rings (SSSR count). The lowest BCUT2D eigenvalue weighted by Crippen LogP contribution is -2.50. The number of ether oxygens (including phenoxy) is 1. The lowest BCUT2D eigenvalue weighted by atomic mass is 10.0. The third-order valence-electron chi connectivity index (χ3n) is 9.70. The Bertz CT molecular complexity index is 2120. The van der Waals surface area contributed by atoms with Crippen LogP contribution in [0.25, 0.3) is 6.08 Å². The van der Waals surface area contributed by atoms with Gasteiger partial charge in [-0.2, -0.15) is 13.2 Å². The van der Waals surface area contributed by atoms with Gasteiger partial charge in [0.05, 0.1) is 13.2 Å². The maximum Gasteiger partial charge on any atom is 0.433 e. The van der Waals surface area contributed by atoms with Crippen LogP contribution >= 0.6 is 0 Å². The number of aromatic nitrogens is 1. The second kappa shape index (κ2) is 18.6. The number of anilines is 3. The van der Waals surface area contributed by atoms with Gasteiger partial charge in [0.15, 0.2) is 0 Å². The molecule has 0 N–H and O–H groups in total. The SMILES string of the molecule is CC(=O)N(c1ccccc1)c1ccc(CN(C)C(=O)[C@H](Cc2ccccc2)N(Cc2ccc(N3CCOCC3)cc2)C(=O)/C=C/c2ccc(C(F)(F)F)nc2)cc1. The van der Waals surface area contributed by atoms with Crippen molar-refractivity contribution in [2.75, 3.05) is 43.2 Å². The number of amides is 3. The molecule has 0 unspecified atom stereocenters. The first-order chi connectivity index (χ1) is 27.5. The number of hydrogen-bond acceptors (Lipinski definition) is 6. The molecule has 0 spiro atoms. The Balaban J connectivity index is 1.29. The van der Waals surface area contributed by atoms with Gasteiger partial charge < -0.3 is 19.4 Å². The second-order valence-corrected chi connectivity index (χ2v) is 13.8. The van der Waals surface area contributed by atoms with Crippen molar-refractivity contribution in [2.45, 2.75) is 38.7 Å². The van der Waals surface area contributed by atoms with Gasteiger partial charge in [0, 0.05) is 75.9 Å². The first-order valence-electron chi connectivity index (χ1n) is 18.6. The van der Waals surface area contributed by atoms with Gasteiger partial charge in [-0.3, -0.25) is 24.3 Å². The fourth-order valence-electron chi connectivity index (χ4n) is 6.72. The van der Waals surface area contributed by atoms with Crippen LogP contribution in [0.2, 0.25) is 0 Å². The molecule has 1 fully saturated rings. The summed E-state index contributed by atoms with van der Waals surface area (Å²) >= 11 is 0. The number of carbonyl (C=O) groups is 3. The average molecular weight is 776 g/mol. The summed E-state index contributed by atoms with van der Waals surface area (Å²) < 4.78 is 45.0. The van der Waals surface area contributed by atoms with Crippen LogP contribution in [0.3, 0.4) is 0 Å². The molecule has 0 bridgehead atoms. The molecule has 3 amide bonds. The van der Waals surface area contributed by atoms with Crippen molar-refractivity contribution in [3.8, 4) is 0 Å². The minimum atomic E-state index is -4.59. The van der Waals surface area contributed by atoms with Crippen molar-refractivity contribution in [1.82, 2.24) is 14.8 Å². The zero-order valence-electron chi connectivity index (χ0n) is 31.8. The van der Waals surface area contributed by atoms with Crippen LogP contribution in [0.15, 0.2) is 134 Å². The minimum absolute atomic E-state index is 0.0873. The quantitative estimate of drug-likeness (QED) is 0.113. The molecule has 4 aromatic carbocycles. The van der Waals surface area contributed by atoms with Crippen LogP contribution < -0.4 is 9.80 Å². The number of morpholine rings is 1. The summed E-state index contributed by atoms with van der Waals surface area (Å²) in [4.78, 5) is 51.9. The summed E-state index contributed by atoms with van der Waals surface area (Å²) in [5, 5.41) is 0. The molecule has 57 heavy (non-hydrogen) atoms. The van der Waals surface area contributed by atoms with E-state index < -0.39 is 23.8 Å². The van der Waals surface area contributed by atoms with Gasteiger partial charge in [-0.15, -0.1) is 0 Å². The Labute approximate surface area is 330 Å². The van der Waals surface area contributed by atoms with Gasteiger partial charge in [-0.05, 0) is 70.8 Å². The summed E-state index contributed by atoms with van der Waals surface area (Å²) in [6.45, 7) is 4.60. The fraction of sp³-hybridized carbons (Fsp3) is 0.244. The van der Waals surface area contributed by atoms with E-state index in [1.54, 1.807) is 16.8 Å². The van der Waals surface area contributed by atoms with E-state index in [0.29, 0.717) is 24.5 Å². The molecule has 1 aromatic heterocycles. The van der Waals surface area contributed by atoms with Crippen molar-refractivity contribution in [3.63, 3.8) is 0 Å². The van der Waals surface area contributed by atoms with Crippen LogP contribution in [0.4, 0.5) is 30.2 Å². The molecule has 1 aliphatic heterocycles. The summed E-state index contributed by atoms with van der Waals surface area (Å²) in [6.07, 6.45) is -0.658. The Kier molecular flexibility index (Phi) is 13.2. The van der Waals surface area contributed by atoms with Crippen molar-refractivity contribution < 1.29 is 32.3 Å². The van der Waals surface area contributed by atoms with Gasteiger partial charge in [0.25, 0.3) is 0 Å². The fourth-order valence-corrected chi connectivity index (χ4v) is 6.72. The van der Waals surface area contributed by atoms with E-state index >= 15 is 0 Å². The van der Waals surface area contributed by atoms with Crippen molar-refractivity contribution >= 4 is 40.9 Å². The van der Waals surface area contributed by atoms with Crippen molar-refractivity contribution in [2.24, 2.45) is 0 Å². The van der Waals surface area contributed by atoms with E-state index in [-0.39, 0.29) is 31.3 Å². The molecule has 1 aliphatic rings. The standard InChI is InChI=1S/C45H44F3N5O4/c1-33(54)53(39-11-7-4-8-12-39)40-21-15-36(16-22-40)31-50(2)44(56)41(29-34-9-5-3-6-10-34)52(32-37-13-19-38(20-14-37)51-25-27-57-28-26-51)43(55)24-18-35-17-23-42(49-30-35)45(46,47)48/h3-24,30,41H,25-29,31-32H2,1-2H3/b24-18+/t41-/m0/s1. The Morgan fingerprint density at radius 1 is 0.772 bits per heavy atom. The molecule has 0 aliphatic carbocycles. The number of carbonyl (C=O) groups excluding carboxylic acids is 3. The number of benzene rings is 4.